The van der Waals surface area contributed by atoms with Crippen molar-refractivity contribution >= 4 is 46.8 Å². The Morgan fingerprint density at radius 3 is 2.64 bits per heavy atom. The van der Waals surface area contributed by atoms with Gasteiger partial charge < -0.3 is 15.3 Å². The summed E-state index contributed by atoms with van der Waals surface area (Å²) in [6.45, 7) is 0.522. The molecule has 1 fully saturated rings. The molecule has 0 aliphatic carbocycles. The summed E-state index contributed by atoms with van der Waals surface area (Å²) in [4.78, 5) is 36.0. The van der Waals surface area contributed by atoms with E-state index in [2.05, 4.69) is 5.32 Å². The van der Waals surface area contributed by atoms with Crippen LogP contribution in [0, 0.1) is 0 Å². The summed E-state index contributed by atoms with van der Waals surface area (Å²) in [5.74, 6) is -1.58. The highest BCUT2D eigenvalue weighted by Gasteiger charge is 2.33. The number of nitrogens with one attached hydrogen (secondary N) is 1. The van der Waals surface area contributed by atoms with Gasteiger partial charge in [0.15, 0.2) is 0 Å². The zero-order valence-electron chi connectivity index (χ0n) is 11.6. The molecule has 1 unspecified atom stereocenters. The lowest BCUT2D eigenvalue weighted by molar-refractivity contribution is -0.133. The number of rotatable bonds is 6. The molecule has 1 saturated heterocycles. The molecule has 118 valence electrons. The molecule has 0 bridgehead atoms. The van der Waals surface area contributed by atoms with Crippen LogP contribution in [-0.2, 0) is 14.4 Å². The fourth-order valence-corrected chi connectivity index (χ4v) is 2.83. The second kappa shape index (κ2) is 7.51. The third kappa shape index (κ3) is 4.38. The second-order valence-electron chi connectivity index (χ2n) is 4.76. The summed E-state index contributed by atoms with van der Waals surface area (Å²) in [6.07, 6.45) is 0.525. The van der Waals surface area contributed by atoms with Crippen LogP contribution in [0.25, 0.3) is 0 Å². The predicted molar refractivity (Wildman–Crippen MR) is 85.3 cm³/mol. The van der Waals surface area contributed by atoms with Gasteiger partial charge in [-0.05, 0) is 30.7 Å². The van der Waals surface area contributed by atoms with Gasteiger partial charge in [-0.3, -0.25) is 14.4 Å². The van der Waals surface area contributed by atoms with E-state index in [0.717, 1.165) is 17.4 Å². The fourth-order valence-electron chi connectivity index (χ4n) is 2.16. The van der Waals surface area contributed by atoms with Gasteiger partial charge in [-0.15, -0.1) is 11.8 Å². The van der Waals surface area contributed by atoms with Crippen molar-refractivity contribution in [3.8, 4) is 0 Å². The van der Waals surface area contributed by atoms with E-state index in [0.29, 0.717) is 18.0 Å². The molecule has 22 heavy (non-hydrogen) atoms. The number of hydrogen-bond donors (Lipinski definition) is 2. The maximum Gasteiger partial charge on any atom is 0.313 e. The lowest BCUT2D eigenvalue weighted by Crippen LogP contribution is -2.42. The number of thioether (sulfide) groups is 1. The third-order valence-electron chi connectivity index (χ3n) is 3.14. The van der Waals surface area contributed by atoms with Crippen molar-refractivity contribution in [1.29, 1.82) is 0 Å². The van der Waals surface area contributed by atoms with Crippen molar-refractivity contribution in [1.82, 2.24) is 5.32 Å². The van der Waals surface area contributed by atoms with Gasteiger partial charge >= 0.3 is 5.97 Å². The highest BCUT2D eigenvalue weighted by Crippen LogP contribution is 2.23. The van der Waals surface area contributed by atoms with E-state index in [9.17, 15) is 14.4 Å². The van der Waals surface area contributed by atoms with E-state index in [1.165, 1.54) is 0 Å². The zero-order chi connectivity index (χ0) is 16.1. The van der Waals surface area contributed by atoms with Crippen molar-refractivity contribution in [3.05, 3.63) is 29.3 Å². The molecule has 2 amide bonds. The molecule has 1 aliphatic heterocycles. The first-order valence-electron chi connectivity index (χ1n) is 6.63. The molecule has 1 heterocycles. The molecule has 1 aromatic rings. The Labute approximate surface area is 136 Å². The predicted octanol–water partition coefficient (Wildman–Crippen LogP) is 1.38. The molecule has 0 spiro atoms. The van der Waals surface area contributed by atoms with Crippen molar-refractivity contribution < 1.29 is 19.5 Å². The smallest absolute Gasteiger partial charge is 0.313 e. The van der Waals surface area contributed by atoms with Crippen LogP contribution < -0.4 is 10.2 Å². The zero-order valence-corrected chi connectivity index (χ0v) is 13.2. The first-order chi connectivity index (χ1) is 10.5. The number of aliphatic carboxylic acids is 1. The summed E-state index contributed by atoms with van der Waals surface area (Å²) in [6, 6.07) is 6.37. The fraction of sp³-hybridized carbons (Fsp3) is 0.357. The minimum atomic E-state index is -0.969. The van der Waals surface area contributed by atoms with Crippen molar-refractivity contribution in [2.24, 2.45) is 0 Å². The van der Waals surface area contributed by atoms with E-state index in [-0.39, 0.29) is 23.3 Å². The van der Waals surface area contributed by atoms with Crippen LogP contribution in [0.1, 0.15) is 6.42 Å². The van der Waals surface area contributed by atoms with Crippen LogP contribution in [0.2, 0.25) is 5.02 Å². The molecule has 0 aromatic heterocycles. The van der Waals surface area contributed by atoms with Crippen LogP contribution in [-0.4, -0.2) is 47.0 Å². The highest BCUT2D eigenvalue weighted by atomic mass is 35.5. The molecule has 1 aliphatic rings. The van der Waals surface area contributed by atoms with Crippen LogP contribution in [0.3, 0.4) is 0 Å². The standard InChI is InChI=1S/C14H15ClN2O4S/c15-9-1-3-10(4-2-9)17-6-5-11(14(17)21)16-12(18)7-22-8-13(19)20/h1-4,11H,5-8H2,(H,16,18)(H,19,20). The summed E-state index contributed by atoms with van der Waals surface area (Å²) in [5.41, 5.74) is 0.742. The Kier molecular flexibility index (Phi) is 5.68. The van der Waals surface area contributed by atoms with Gasteiger partial charge in [0.2, 0.25) is 11.8 Å². The van der Waals surface area contributed by atoms with E-state index < -0.39 is 12.0 Å². The normalized spacial score (nSPS) is 17.6. The quantitative estimate of drug-likeness (QED) is 0.815. The number of amides is 2. The van der Waals surface area contributed by atoms with E-state index in [1.54, 1.807) is 29.2 Å². The minimum Gasteiger partial charge on any atom is -0.481 e. The van der Waals surface area contributed by atoms with Gasteiger partial charge in [-0.25, -0.2) is 0 Å². The molecule has 0 saturated carbocycles. The van der Waals surface area contributed by atoms with Gasteiger partial charge in [-0.1, -0.05) is 11.6 Å². The number of carboxylic acid groups (broad SMARTS) is 1. The van der Waals surface area contributed by atoms with Crippen LogP contribution in [0.15, 0.2) is 24.3 Å². The van der Waals surface area contributed by atoms with E-state index in [1.807, 2.05) is 0 Å². The van der Waals surface area contributed by atoms with Gasteiger partial charge in [0, 0.05) is 17.3 Å². The first kappa shape index (κ1) is 16.6. The number of anilines is 1. The number of halogens is 1. The molecular weight excluding hydrogens is 328 g/mol. The average Bonchev–Trinajstić information content (AvgIpc) is 2.81. The molecule has 2 rings (SSSR count). The molecule has 6 nitrogen and oxygen atoms in total. The molecule has 1 aromatic carbocycles. The summed E-state index contributed by atoms with van der Waals surface area (Å²) >= 11 is 6.82. The SMILES string of the molecule is O=C(O)CSCC(=O)NC1CCN(c2ccc(Cl)cc2)C1=O. The summed E-state index contributed by atoms with van der Waals surface area (Å²) < 4.78 is 0. The summed E-state index contributed by atoms with van der Waals surface area (Å²) in [7, 11) is 0. The summed E-state index contributed by atoms with van der Waals surface area (Å²) in [5, 5.41) is 11.7. The van der Waals surface area contributed by atoms with E-state index >= 15 is 0 Å². The van der Waals surface area contributed by atoms with Gasteiger partial charge in [-0.2, -0.15) is 0 Å². The van der Waals surface area contributed by atoms with Gasteiger partial charge in [0.25, 0.3) is 0 Å². The number of nitrogens with zero attached hydrogens (tertiary/aromatic N) is 1. The first-order valence-corrected chi connectivity index (χ1v) is 8.16. The Bertz CT molecular complexity index is 579. The lowest BCUT2D eigenvalue weighted by atomic mass is 10.2. The Morgan fingerprint density at radius 2 is 2.00 bits per heavy atom. The number of carbonyl (C=O) groups excluding carboxylic acids is 2. The molecule has 1 atom stereocenters. The number of carbonyl (C=O) groups is 3. The van der Waals surface area contributed by atoms with Crippen molar-refractivity contribution in [2.75, 3.05) is 23.0 Å². The minimum absolute atomic E-state index is 0.0248. The van der Waals surface area contributed by atoms with Crippen molar-refractivity contribution in [3.63, 3.8) is 0 Å². The van der Waals surface area contributed by atoms with Crippen LogP contribution >= 0.6 is 23.4 Å². The molecule has 0 radical (unpaired) electrons. The highest BCUT2D eigenvalue weighted by molar-refractivity contribution is 8.00. The largest absolute Gasteiger partial charge is 0.481 e. The molecule has 2 N–H and O–H groups in total. The Hall–Kier alpha value is -1.73. The Balaban J connectivity index is 1.87. The number of hydrogen-bond acceptors (Lipinski definition) is 4. The lowest BCUT2D eigenvalue weighted by Gasteiger charge is -2.17. The van der Waals surface area contributed by atoms with Crippen LogP contribution in [0.4, 0.5) is 5.69 Å². The Morgan fingerprint density at radius 1 is 1.32 bits per heavy atom. The maximum absolute atomic E-state index is 12.3. The number of carboxylic acids is 1. The maximum atomic E-state index is 12.3. The topological polar surface area (TPSA) is 86.7 Å². The third-order valence-corrected chi connectivity index (χ3v) is 4.31. The van der Waals surface area contributed by atoms with E-state index in [4.69, 9.17) is 16.7 Å². The number of benzene rings is 1. The monoisotopic (exact) mass is 342 g/mol. The average molecular weight is 343 g/mol. The molecular formula is C14H15ClN2O4S. The molecule has 8 heteroatoms. The van der Waals surface area contributed by atoms with Gasteiger partial charge in [0.1, 0.15) is 6.04 Å². The van der Waals surface area contributed by atoms with Gasteiger partial charge in [0.05, 0.1) is 11.5 Å². The van der Waals surface area contributed by atoms with Crippen molar-refractivity contribution in [2.45, 2.75) is 12.5 Å². The second-order valence-corrected chi connectivity index (χ2v) is 6.18. The van der Waals surface area contributed by atoms with Crippen LogP contribution in [0.5, 0.6) is 0 Å².